The van der Waals surface area contributed by atoms with Crippen LogP contribution in [-0.2, 0) is 4.79 Å². The van der Waals surface area contributed by atoms with E-state index < -0.39 is 17.5 Å². The minimum Gasteiger partial charge on any atom is -0.479 e. The van der Waals surface area contributed by atoms with Crippen molar-refractivity contribution in [1.82, 2.24) is 25.1 Å². The van der Waals surface area contributed by atoms with Gasteiger partial charge in [-0.15, -0.1) is 21.5 Å². The lowest BCUT2D eigenvalue weighted by Crippen LogP contribution is -2.46. The normalized spacial score (nSPS) is 15.5. The number of aliphatic carboxylic acids is 1. The first-order chi connectivity index (χ1) is 15.9. The molecule has 0 spiro atoms. The number of piperidine rings is 1. The van der Waals surface area contributed by atoms with Gasteiger partial charge < -0.3 is 15.0 Å². The zero-order chi connectivity index (χ0) is 23.0. The number of nitrogens with zero attached hydrogens (tertiary/aromatic N) is 5. The molecule has 1 aromatic carbocycles. The summed E-state index contributed by atoms with van der Waals surface area (Å²) in [6.07, 6.45) is 1.43. The van der Waals surface area contributed by atoms with Gasteiger partial charge in [-0.1, -0.05) is 6.07 Å². The molecule has 0 radical (unpaired) electrons. The highest BCUT2D eigenvalue weighted by Crippen LogP contribution is 2.31. The van der Waals surface area contributed by atoms with Crippen molar-refractivity contribution in [2.24, 2.45) is 0 Å². The molecule has 0 saturated carbocycles. The van der Waals surface area contributed by atoms with E-state index in [0.29, 0.717) is 39.9 Å². The summed E-state index contributed by atoms with van der Waals surface area (Å²) in [5.74, 6) is -0.465. The van der Waals surface area contributed by atoms with Crippen molar-refractivity contribution >= 4 is 23.1 Å². The Morgan fingerprint density at radius 3 is 2.48 bits per heavy atom. The molecule has 4 aromatic rings. The Labute approximate surface area is 191 Å². The molecule has 0 amide bonds. The van der Waals surface area contributed by atoms with Gasteiger partial charge in [0.2, 0.25) is 5.67 Å². The highest BCUT2D eigenvalue weighted by atomic mass is 32.1. The van der Waals surface area contributed by atoms with Gasteiger partial charge in [0.05, 0.1) is 11.1 Å². The Hall–Kier alpha value is -3.73. The van der Waals surface area contributed by atoms with Gasteiger partial charge in [0.15, 0.2) is 11.6 Å². The van der Waals surface area contributed by atoms with E-state index in [1.807, 2.05) is 10.3 Å². The Morgan fingerprint density at radius 2 is 1.85 bits per heavy atom. The van der Waals surface area contributed by atoms with Crippen molar-refractivity contribution in [3.8, 4) is 34.0 Å². The van der Waals surface area contributed by atoms with E-state index in [4.69, 9.17) is 5.11 Å². The SMILES string of the molecule is O=C(O)C1(F)CCN(c2ccc(-c3ccc(-c4nnc(-c5cscn5)[nH]4)c(F)c3)cn2)CC1. The van der Waals surface area contributed by atoms with Crippen LogP contribution < -0.4 is 4.90 Å². The molecule has 0 atom stereocenters. The second kappa shape index (κ2) is 8.32. The number of hydrogen-bond donors (Lipinski definition) is 2. The Morgan fingerprint density at radius 1 is 1.09 bits per heavy atom. The van der Waals surface area contributed by atoms with Crippen LogP contribution in [0.15, 0.2) is 47.4 Å². The summed E-state index contributed by atoms with van der Waals surface area (Å²) in [7, 11) is 0. The lowest BCUT2D eigenvalue weighted by molar-refractivity contribution is -0.152. The maximum atomic E-state index is 14.9. The van der Waals surface area contributed by atoms with Gasteiger partial charge >= 0.3 is 5.97 Å². The fourth-order valence-electron chi connectivity index (χ4n) is 3.76. The first-order valence-electron chi connectivity index (χ1n) is 10.2. The van der Waals surface area contributed by atoms with E-state index in [1.54, 1.807) is 36.0 Å². The Bertz CT molecular complexity index is 1280. The standard InChI is InChI=1S/C22H18F2N6O2S/c23-16-9-13(1-3-15(16)19-27-20(29-28-19)17-11-33-12-26-17)14-2-4-18(25-10-14)30-7-5-22(24,6-8-30)21(31)32/h1-4,9-12H,5-8H2,(H,31,32)(H,27,28,29). The van der Waals surface area contributed by atoms with E-state index in [9.17, 15) is 13.6 Å². The second-order valence-electron chi connectivity index (χ2n) is 7.75. The van der Waals surface area contributed by atoms with Crippen LogP contribution in [0.4, 0.5) is 14.6 Å². The van der Waals surface area contributed by atoms with Crippen LogP contribution >= 0.6 is 11.3 Å². The number of thiazole rings is 1. The molecular formula is C22H18F2N6O2S. The van der Waals surface area contributed by atoms with Crippen LogP contribution in [0.5, 0.6) is 0 Å². The van der Waals surface area contributed by atoms with Crippen molar-refractivity contribution in [3.05, 3.63) is 53.2 Å². The molecule has 2 N–H and O–H groups in total. The largest absolute Gasteiger partial charge is 0.479 e. The van der Waals surface area contributed by atoms with Crippen molar-refractivity contribution in [1.29, 1.82) is 0 Å². The molecular weight excluding hydrogens is 450 g/mol. The molecule has 8 nitrogen and oxygen atoms in total. The molecule has 33 heavy (non-hydrogen) atoms. The van der Waals surface area contributed by atoms with Crippen LogP contribution in [0.2, 0.25) is 0 Å². The van der Waals surface area contributed by atoms with Gasteiger partial charge in [-0.05, 0) is 29.8 Å². The minimum absolute atomic E-state index is 0.0930. The average Bonchev–Trinajstić information content (AvgIpc) is 3.52. The number of alkyl halides is 1. The summed E-state index contributed by atoms with van der Waals surface area (Å²) < 4.78 is 29.1. The molecule has 0 bridgehead atoms. The number of rotatable bonds is 5. The van der Waals surface area contributed by atoms with Crippen LogP contribution in [-0.4, -0.2) is 55.0 Å². The summed E-state index contributed by atoms with van der Waals surface area (Å²) in [6, 6.07) is 8.37. The minimum atomic E-state index is -2.18. The number of pyridine rings is 1. The fraction of sp³-hybridized carbons (Fsp3) is 0.227. The van der Waals surface area contributed by atoms with E-state index in [2.05, 4.69) is 25.1 Å². The number of nitrogens with one attached hydrogen (secondary N) is 1. The highest BCUT2D eigenvalue weighted by Gasteiger charge is 2.42. The summed E-state index contributed by atoms with van der Waals surface area (Å²) in [5, 5.41) is 18.9. The number of carboxylic acid groups (broad SMARTS) is 1. The highest BCUT2D eigenvalue weighted by molar-refractivity contribution is 7.07. The molecule has 5 rings (SSSR count). The van der Waals surface area contributed by atoms with Crippen LogP contribution in [0.25, 0.3) is 34.0 Å². The zero-order valence-electron chi connectivity index (χ0n) is 17.2. The smallest absolute Gasteiger partial charge is 0.341 e. The van der Waals surface area contributed by atoms with Gasteiger partial charge in [-0.3, -0.25) is 0 Å². The van der Waals surface area contributed by atoms with Crippen molar-refractivity contribution in [2.75, 3.05) is 18.0 Å². The quantitative estimate of drug-likeness (QED) is 0.452. The molecule has 1 fully saturated rings. The fourth-order valence-corrected chi connectivity index (χ4v) is 4.30. The zero-order valence-corrected chi connectivity index (χ0v) is 18.0. The molecule has 4 heterocycles. The van der Waals surface area contributed by atoms with E-state index in [-0.39, 0.29) is 25.9 Å². The third-order valence-corrected chi connectivity index (χ3v) is 6.32. The van der Waals surface area contributed by atoms with Crippen molar-refractivity contribution in [2.45, 2.75) is 18.5 Å². The molecule has 0 unspecified atom stereocenters. The number of hydrogen-bond acceptors (Lipinski definition) is 7. The number of carboxylic acids is 1. The Balaban J connectivity index is 1.31. The maximum absolute atomic E-state index is 14.9. The van der Waals surface area contributed by atoms with Gasteiger partial charge in [0.1, 0.15) is 17.3 Å². The Kier molecular flexibility index (Phi) is 5.33. The van der Waals surface area contributed by atoms with Crippen LogP contribution in [0, 0.1) is 5.82 Å². The number of halogens is 2. The molecule has 0 aliphatic carbocycles. The van der Waals surface area contributed by atoms with E-state index in [1.165, 1.54) is 17.4 Å². The second-order valence-corrected chi connectivity index (χ2v) is 8.47. The summed E-state index contributed by atoms with van der Waals surface area (Å²) in [4.78, 5) is 24.5. The third-order valence-electron chi connectivity index (χ3n) is 5.73. The first kappa shape index (κ1) is 21.1. The molecule has 1 saturated heterocycles. The summed E-state index contributed by atoms with van der Waals surface area (Å²) >= 11 is 1.43. The van der Waals surface area contributed by atoms with E-state index >= 15 is 0 Å². The summed E-state index contributed by atoms with van der Waals surface area (Å²) in [6.45, 7) is 0.525. The molecule has 3 aromatic heterocycles. The van der Waals surface area contributed by atoms with Gasteiger partial charge in [0, 0.05) is 43.1 Å². The van der Waals surface area contributed by atoms with Crippen LogP contribution in [0.1, 0.15) is 12.8 Å². The summed E-state index contributed by atoms with van der Waals surface area (Å²) in [5.41, 5.74) is 1.80. The monoisotopic (exact) mass is 468 g/mol. The van der Waals surface area contributed by atoms with Gasteiger partial charge in [-0.25, -0.2) is 23.5 Å². The van der Waals surface area contributed by atoms with Crippen molar-refractivity contribution in [3.63, 3.8) is 0 Å². The number of H-pyrrole nitrogens is 1. The molecule has 1 aliphatic heterocycles. The maximum Gasteiger partial charge on any atom is 0.341 e. The third kappa shape index (κ3) is 4.07. The molecule has 1 aliphatic rings. The number of anilines is 1. The molecule has 168 valence electrons. The average molecular weight is 468 g/mol. The lowest BCUT2D eigenvalue weighted by atomic mass is 9.93. The van der Waals surface area contributed by atoms with Gasteiger partial charge in [-0.2, -0.15) is 0 Å². The predicted octanol–water partition coefficient (Wildman–Crippen LogP) is 4.19. The number of aromatic amines is 1. The topological polar surface area (TPSA) is 108 Å². The number of benzene rings is 1. The number of aromatic nitrogens is 5. The first-order valence-corrected chi connectivity index (χ1v) is 11.1. The van der Waals surface area contributed by atoms with Crippen molar-refractivity contribution < 1.29 is 18.7 Å². The van der Waals surface area contributed by atoms with Gasteiger partial charge in [0.25, 0.3) is 0 Å². The predicted molar refractivity (Wildman–Crippen MR) is 119 cm³/mol. The van der Waals surface area contributed by atoms with E-state index in [0.717, 1.165) is 0 Å². The molecule has 11 heteroatoms. The van der Waals surface area contributed by atoms with Crippen LogP contribution in [0.3, 0.4) is 0 Å². The number of carbonyl (C=O) groups is 1. The lowest BCUT2D eigenvalue weighted by Gasteiger charge is -2.34.